The number of likely N-dealkylation sites (tertiary alicyclic amines) is 1. The van der Waals surface area contributed by atoms with Gasteiger partial charge in [0.25, 0.3) is 11.1 Å². The molecule has 2 aromatic heterocycles. The highest BCUT2D eigenvalue weighted by molar-refractivity contribution is 7.11. The molecule has 1 fully saturated rings. The monoisotopic (exact) mass is 328 g/mol. The van der Waals surface area contributed by atoms with Crippen molar-refractivity contribution in [3.63, 3.8) is 0 Å². The van der Waals surface area contributed by atoms with Gasteiger partial charge in [-0.05, 0) is 12.1 Å². The maximum atomic E-state index is 12.6. The number of rotatable bonds is 3. The van der Waals surface area contributed by atoms with Crippen LogP contribution in [0.4, 0.5) is 0 Å². The van der Waals surface area contributed by atoms with Crippen molar-refractivity contribution in [1.82, 2.24) is 20.1 Å². The summed E-state index contributed by atoms with van der Waals surface area (Å²) in [6.45, 7) is 1.38. The molecule has 6 nitrogen and oxygen atoms in total. The van der Waals surface area contributed by atoms with Crippen molar-refractivity contribution < 1.29 is 9.53 Å². The number of para-hydroxylation sites is 1. The summed E-state index contributed by atoms with van der Waals surface area (Å²) in [7, 11) is 0. The van der Waals surface area contributed by atoms with Crippen molar-refractivity contribution in [3.05, 3.63) is 41.5 Å². The average molecular weight is 328 g/mol. The van der Waals surface area contributed by atoms with Crippen LogP contribution < -0.4 is 4.74 Å². The van der Waals surface area contributed by atoms with Crippen LogP contribution in [0.5, 0.6) is 5.19 Å². The van der Waals surface area contributed by atoms with Crippen LogP contribution in [0.15, 0.2) is 35.8 Å². The van der Waals surface area contributed by atoms with Crippen molar-refractivity contribution in [2.24, 2.45) is 0 Å². The van der Waals surface area contributed by atoms with E-state index >= 15 is 0 Å². The minimum Gasteiger partial charge on any atom is -0.465 e. The predicted octanol–water partition coefficient (Wildman–Crippen LogP) is 2.70. The second kappa shape index (κ2) is 6.00. The number of fused-ring (bicyclic) bond motifs is 1. The normalized spacial score (nSPS) is 15.9. The number of nitrogens with zero attached hydrogens (tertiary/aromatic N) is 3. The highest BCUT2D eigenvalue weighted by atomic mass is 32.1. The van der Waals surface area contributed by atoms with E-state index in [1.165, 1.54) is 11.3 Å². The van der Waals surface area contributed by atoms with Crippen LogP contribution in [-0.2, 0) is 0 Å². The summed E-state index contributed by atoms with van der Waals surface area (Å²) in [5.41, 5.74) is 3.30. The lowest BCUT2D eigenvalue weighted by molar-refractivity contribution is 0.0589. The van der Waals surface area contributed by atoms with Gasteiger partial charge in [-0.2, -0.15) is 0 Å². The van der Waals surface area contributed by atoms with Crippen LogP contribution in [-0.4, -0.2) is 45.2 Å². The van der Waals surface area contributed by atoms with Crippen LogP contribution in [0.1, 0.15) is 23.3 Å². The molecule has 1 aromatic carbocycles. The minimum absolute atomic E-state index is 0.0514. The smallest absolute Gasteiger partial charge is 0.294 e. The summed E-state index contributed by atoms with van der Waals surface area (Å²) >= 11 is 1.39. The van der Waals surface area contributed by atoms with Gasteiger partial charge < -0.3 is 14.6 Å². The van der Waals surface area contributed by atoms with Crippen LogP contribution in [0.2, 0.25) is 0 Å². The van der Waals surface area contributed by atoms with Gasteiger partial charge in [0.15, 0.2) is 0 Å². The SMILES string of the molecule is O=C(c1cc2ccccc2[nH]1)N1CCC(Oc2nncs2)CC1. The number of nitrogens with one attached hydrogen (secondary N) is 1. The fourth-order valence-electron chi connectivity index (χ4n) is 2.89. The van der Waals surface area contributed by atoms with Gasteiger partial charge in [0.2, 0.25) is 0 Å². The first-order valence-electron chi connectivity index (χ1n) is 7.59. The number of carbonyl (C=O) groups is 1. The quantitative estimate of drug-likeness (QED) is 0.802. The van der Waals surface area contributed by atoms with Crippen molar-refractivity contribution >= 4 is 28.1 Å². The first-order valence-corrected chi connectivity index (χ1v) is 8.47. The molecule has 23 heavy (non-hydrogen) atoms. The molecule has 4 rings (SSSR count). The molecule has 1 saturated heterocycles. The predicted molar refractivity (Wildman–Crippen MR) is 87.8 cm³/mol. The Balaban J connectivity index is 1.40. The van der Waals surface area contributed by atoms with E-state index in [0.29, 0.717) is 24.0 Å². The maximum absolute atomic E-state index is 12.6. The maximum Gasteiger partial charge on any atom is 0.294 e. The van der Waals surface area contributed by atoms with Gasteiger partial charge in [-0.3, -0.25) is 4.79 Å². The zero-order valence-corrected chi connectivity index (χ0v) is 13.3. The van der Waals surface area contributed by atoms with Gasteiger partial charge in [0.1, 0.15) is 17.3 Å². The molecular formula is C16H16N4O2S. The Kier molecular flexibility index (Phi) is 3.70. The molecule has 0 aliphatic carbocycles. The molecule has 0 saturated carbocycles. The molecule has 1 amide bonds. The summed E-state index contributed by atoms with van der Waals surface area (Å²) in [4.78, 5) is 17.7. The highest BCUT2D eigenvalue weighted by Gasteiger charge is 2.26. The van der Waals surface area contributed by atoms with E-state index in [-0.39, 0.29) is 12.0 Å². The second-order valence-corrected chi connectivity index (χ2v) is 6.38. The number of H-pyrrole nitrogens is 1. The van der Waals surface area contributed by atoms with Crippen LogP contribution in [0, 0.1) is 0 Å². The number of aromatic nitrogens is 3. The minimum atomic E-state index is 0.0514. The molecule has 1 aliphatic heterocycles. The fourth-order valence-corrected chi connectivity index (χ4v) is 3.36. The van der Waals surface area contributed by atoms with Crippen LogP contribution in [0.25, 0.3) is 10.9 Å². The molecule has 3 heterocycles. The number of ether oxygens (including phenoxy) is 1. The zero-order valence-electron chi connectivity index (χ0n) is 12.4. The largest absolute Gasteiger partial charge is 0.465 e. The van der Waals surface area contributed by atoms with E-state index < -0.39 is 0 Å². The molecule has 0 radical (unpaired) electrons. The number of piperidine rings is 1. The molecule has 118 valence electrons. The van der Waals surface area contributed by atoms with Gasteiger partial charge in [0, 0.05) is 36.8 Å². The van der Waals surface area contributed by atoms with E-state index in [4.69, 9.17) is 4.74 Å². The fraction of sp³-hybridized carbons (Fsp3) is 0.312. The highest BCUT2D eigenvalue weighted by Crippen LogP contribution is 2.22. The summed E-state index contributed by atoms with van der Waals surface area (Å²) in [6, 6.07) is 9.84. The van der Waals surface area contributed by atoms with Gasteiger partial charge in [-0.1, -0.05) is 29.5 Å². The number of aromatic amines is 1. The number of carbonyl (C=O) groups excluding carboxylic acids is 1. The Morgan fingerprint density at radius 3 is 2.87 bits per heavy atom. The molecule has 0 spiro atoms. The van der Waals surface area contributed by atoms with Gasteiger partial charge in [0.05, 0.1) is 0 Å². The molecule has 7 heteroatoms. The first kappa shape index (κ1) is 14.2. The third kappa shape index (κ3) is 2.92. The molecule has 1 aliphatic rings. The van der Waals surface area contributed by atoms with Gasteiger partial charge in [-0.15, -0.1) is 10.2 Å². The number of hydrogen-bond acceptors (Lipinski definition) is 5. The average Bonchev–Trinajstić information content (AvgIpc) is 3.24. The summed E-state index contributed by atoms with van der Waals surface area (Å²) in [6.07, 6.45) is 1.73. The molecule has 0 bridgehead atoms. The number of hydrogen-bond donors (Lipinski definition) is 1. The molecule has 1 N–H and O–H groups in total. The topological polar surface area (TPSA) is 71.1 Å². The van der Waals surface area contributed by atoms with Gasteiger partial charge in [-0.25, -0.2) is 0 Å². The Morgan fingerprint density at radius 2 is 2.13 bits per heavy atom. The van der Waals surface area contributed by atoms with Crippen LogP contribution in [0.3, 0.4) is 0 Å². The van der Waals surface area contributed by atoms with E-state index in [2.05, 4.69) is 15.2 Å². The molecular weight excluding hydrogens is 312 g/mol. The zero-order chi connectivity index (χ0) is 15.6. The third-order valence-corrected chi connectivity index (χ3v) is 4.68. The Hall–Kier alpha value is -2.41. The lowest BCUT2D eigenvalue weighted by Gasteiger charge is -2.31. The Labute approximate surface area is 137 Å². The summed E-state index contributed by atoms with van der Waals surface area (Å²) in [5.74, 6) is 0.0514. The first-order chi connectivity index (χ1) is 11.3. The molecule has 0 atom stereocenters. The van der Waals surface area contributed by atoms with E-state index in [1.807, 2.05) is 35.2 Å². The summed E-state index contributed by atoms with van der Waals surface area (Å²) in [5, 5.41) is 9.33. The number of amides is 1. The third-order valence-electron chi connectivity index (χ3n) is 4.10. The number of benzene rings is 1. The van der Waals surface area contributed by atoms with E-state index in [0.717, 1.165) is 23.7 Å². The summed E-state index contributed by atoms with van der Waals surface area (Å²) < 4.78 is 5.78. The van der Waals surface area contributed by atoms with Gasteiger partial charge >= 0.3 is 0 Å². The van der Waals surface area contributed by atoms with Crippen LogP contribution >= 0.6 is 11.3 Å². The standard InChI is InChI=1S/C16H16N4O2S/c21-15(14-9-11-3-1-2-4-13(11)18-14)20-7-5-12(6-8-20)22-16-19-17-10-23-16/h1-4,9-10,12,18H,5-8H2. The lowest BCUT2D eigenvalue weighted by Crippen LogP contribution is -2.41. The van der Waals surface area contributed by atoms with Crippen molar-refractivity contribution in [1.29, 1.82) is 0 Å². The lowest BCUT2D eigenvalue weighted by atomic mass is 10.1. The molecule has 3 aromatic rings. The van der Waals surface area contributed by atoms with Crippen molar-refractivity contribution in [2.75, 3.05) is 13.1 Å². The van der Waals surface area contributed by atoms with Crippen molar-refractivity contribution in [2.45, 2.75) is 18.9 Å². The van der Waals surface area contributed by atoms with E-state index in [9.17, 15) is 4.79 Å². The second-order valence-electron chi connectivity index (χ2n) is 5.58. The van der Waals surface area contributed by atoms with Crippen molar-refractivity contribution in [3.8, 4) is 5.19 Å². The van der Waals surface area contributed by atoms with E-state index in [1.54, 1.807) is 5.51 Å². The Morgan fingerprint density at radius 1 is 1.30 bits per heavy atom. The Bertz CT molecular complexity index is 773. The molecule has 0 unspecified atom stereocenters.